The number of benzene rings is 1. The molecule has 0 aliphatic carbocycles. The third kappa shape index (κ3) is 4.37. The summed E-state index contributed by atoms with van der Waals surface area (Å²) in [6.45, 7) is 6.49. The third-order valence-corrected chi connectivity index (χ3v) is 2.61. The van der Waals surface area contributed by atoms with Gasteiger partial charge in [0.15, 0.2) is 6.10 Å². The smallest absolute Gasteiger partial charge is 0.332 e. The Hall–Kier alpha value is -1.55. The van der Waals surface area contributed by atoms with Crippen molar-refractivity contribution in [3.05, 3.63) is 29.3 Å². The minimum absolute atomic E-state index is 0.334. The van der Waals surface area contributed by atoms with Crippen LogP contribution in [0, 0.1) is 13.8 Å². The molecule has 1 aromatic carbocycles. The van der Waals surface area contributed by atoms with E-state index in [4.69, 9.17) is 14.6 Å². The first-order valence-electron chi connectivity index (χ1n) is 6.09. The normalized spacial score (nSPS) is 12.2. The number of aryl methyl sites for hydroxylation is 2. The summed E-state index contributed by atoms with van der Waals surface area (Å²) in [5.74, 6) is -0.151. The van der Waals surface area contributed by atoms with Gasteiger partial charge in [-0.15, -0.1) is 0 Å². The molecular weight excluding hydrogens is 232 g/mol. The molecule has 0 radical (unpaired) electrons. The molecule has 0 heterocycles. The summed E-state index contributed by atoms with van der Waals surface area (Å²) < 4.78 is 10.7. The third-order valence-electron chi connectivity index (χ3n) is 2.61. The topological polar surface area (TPSA) is 55.8 Å². The predicted molar refractivity (Wildman–Crippen MR) is 69.1 cm³/mol. The molecular formula is C14H20O4. The van der Waals surface area contributed by atoms with Crippen LogP contribution in [0.4, 0.5) is 0 Å². The van der Waals surface area contributed by atoms with E-state index in [-0.39, 0.29) is 0 Å². The predicted octanol–water partition coefficient (Wildman–Crippen LogP) is 2.56. The molecule has 1 N–H and O–H groups in total. The highest BCUT2D eigenvalue weighted by atomic mass is 16.5. The van der Waals surface area contributed by atoms with Crippen molar-refractivity contribution in [1.29, 1.82) is 0 Å². The Bertz CT molecular complexity index is 401. The monoisotopic (exact) mass is 252 g/mol. The van der Waals surface area contributed by atoms with E-state index < -0.39 is 12.1 Å². The van der Waals surface area contributed by atoms with Crippen LogP contribution in [0.25, 0.3) is 0 Å². The second-order valence-electron chi connectivity index (χ2n) is 4.19. The van der Waals surface area contributed by atoms with Crippen molar-refractivity contribution >= 4 is 5.97 Å². The van der Waals surface area contributed by atoms with Gasteiger partial charge in [-0.05, 0) is 32.4 Å². The van der Waals surface area contributed by atoms with Crippen LogP contribution in [0.5, 0.6) is 5.75 Å². The first-order valence-corrected chi connectivity index (χ1v) is 6.09. The minimum atomic E-state index is -0.943. The zero-order valence-corrected chi connectivity index (χ0v) is 11.1. The Labute approximate surface area is 108 Å². The van der Waals surface area contributed by atoms with Gasteiger partial charge in [-0.1, -0.05) is 17.7 Å². The van der Waals surface area contributed by atoms with Gasteiger partial charge in [-0.2, -0.15) is 0 Å². The number of ether oxygens (including phenoxy) is 2. The molecule has 0 saturated carbocycles. The van der Waals surface area contributed by atoms with E-state index in [2.05, 4.69) is 0 Å². The zero-order chi connectivity index (χ0) is 13.5. The average molecular weight is 252 g/mol. The van der Waals surface area contributed by atoms with Gasteiger partial charge in [0, 0.05) is 13.0 Å². The Morgan fingerprint density at radius 1 is 1.39 bits per heavy atom. The van der Waals surface area contributed by atoms with Gasteiger partial charge in [0.05, 0.1) is 6.61 Å². The lowest BCUT2D eigenvalue weighted by atomic mass is 10.1. The Kier molecular flexibility index (Phi) is 5.65. The molecule has 1 atom stereocenters. The van der Waals surface area contributed by atoms with Crippen molar-refractivity contribution in [3.8, 4) is 5.75 Å². The fourth-order valence-electron chi connectivity index (χ4n) is 1.72. The molecule has 1 aromatic rings. The summed E-state index contributed by atoms with van der Waals surface area (Å²) in [5, 5.41) is 8.91. The number of aliphatic carboxylic acids is 1. The van der Waals surface area contributed by atoms with Gasteiger partial charge in [0.25, 0.3) is 0 Å². The van der Waals surface area contributed by atoms with Crippen molar-refractivity contribution < 1.29 is 19.4 Å². The summed E-state index contributed by atoms with van der Waals surface area (Å²) in [7, 11) is 0. The van der Waals surface area contributed by atoms with Gasteiger partial charge in [0.2, 0.25) is 0 Å². The molecule has 0 fully saturated rings. The highest BCUT2D eigenvalue weighted by molar-refractivity contribution is 5.72. The van der Waals surface area contributed by atoms with Crippen LogP contribution in [0.2, 0.25) is 0 Å². The Balaban J connectivity index is 2.47. The standard InChI is InChI=1S/C14H20O4/c1-4-17-13(14(15)16)7-8-18-12-6-5-10(2)9-11(12)3/h5-6,9,13H,4,7-8H2,1-3H3,(H,15,16). The lowest BCUT2D eigenvalue weighted by molar-refractivity contribution is -0.150. The first kappa shape index (κ1) is 14.5. The van der Waals surface area contributed by atoms with E-state index in [1.165, 1.54) is 5.56 Å². The molecule has 18 heavy (non-hydrogen) atoms. The second-order valence-corrected chi connectivity index (χ2v) is 4.19. The molecule has 0 aliphatic heterocycles. The Morgan fingerprint density at radius 3 is 2.67 bits per heavy atom. The Morgan fingerprint density at radius 2 is 2.11 bits per heavy atom. The highest BCUT2D eigenvalue weighted by Gasteiger charge is 2.17. The number of carboxylic acids is 1. The largest absolute Gasteiger partial charge is 0.493 e. The number of rotatable bonds is 7. The maximum atomic E-state index is 10.9. The quantitative estimate of drug-likeness (QED) is 0.810. The number of hydrogen-bond acceptors (Lipinski definition) is 3. The fourth-order valence-corrected chi connectivity index (χ4v) is 1.72. The van der Waals surface area contributed by atoms with E-state index in [9.17, 15) is 4.79 Å². The highest BCUT2D eigenvalue weighted by Crippen LogP contribution is 2.19. The van der Waals surface area contributed by atoms with Crippen molar-refractivity contribution in [1.82, 2.24) is 0 Å². The maximum absolute atomic E-state index is 10.9. The van der Waals surface area contributed by atoms with Crippen molar-refractivity contribution in [2.45, 2.75) is 33.3 Å². The molecule has 0 aromatic heterocycles. The van der Waals surface area contributed by atoms with E-state index in [1.54, 1.807) is 6.92 Å². The van der Waals surface area contributed by atoms with Crippen molar-refractivity contribution in [3.63, 3.8) is 0 Å². The van der Waals surface area contributed by atoms with Gasteiger partial charge in [-0.3, -0.25) is 0 Å². The van der Waals surface area contributed by atoms with Crippen LogP contribution in [0.1, 0.15) is 24.5 Å². The maximum Gasteiger partial charge on any atom is 0.332 e. The van der Waals surface area contributed by atoms with Gasteiger partial charge >= 0.3 is 5.97 Å². The zero-order valence-electron chi connectivity index (χ0n) is 11.1. The van der Waals surface area contributed by atoms with Crippen LogP contribution in [0.3, 0.4) is 0 Å². The number of hydrogen-bond donors (Lipinski definition) is 1. The van der Waals surface area contributed by atoms with E-state index in [1.807, 2.05) is 32.0 Å². The fraction of sp³-hybridized carbons (Fsp3) is 0.500. The molecule has 4 nitrogen and oxygen atoms in total. The molecule has 0 amide bonds. The number of carboxylic acid groups (broad SMARTS) is 1. The van der Waals surface area contributed by atoms with Crippen LogP contribution in [0.15, 0.2) is 18.2 Å². The lowest BCUT2D eigenvalue weighted by Crippen LogP contribution is -2.26. The summed E-state index contributed by atoms with van der Waals surface area (Å²) in [4.78, 5) is 10.9. The molecule has 0 aliphatic rings. The molecule has 1 unspecified atom stereocenters. The summed E-state index contributed by atoms with van der Waals surface area (Å²) in [5.41, 5.74) is 2.23. The van der Waals surface area contributed by atoms with Crippen LogP contribution in [-0.4, -0.2) is 30.4 Å². The second kappa shape index (κ2) is 7.01. The summed E-state index contributed by atoms with van der Waals surface area (Å²) >= 11 is 0. The molecule has 100 valence electrons. The first-order chi connectivity index (χ1) is 8.54. The molecule has 4 heteroatoms. The van der Waals surface area contributed by atoms with Crippen LogP contribution < -0.4 is 4.74 Å². The summed E-state index contributed by atoms with van der Waals surface area (Å²) in [6, 6.07) is 5.91. The SMILES string of the molecule is CCOC(CCOc1ccc(C)cc1C)C(=O)O. The molecule has 1 rings (SSSR count). The van der Waals surface area contributed by atoms with Gasteiger partial charge in [-0.25, -0.2) is 4.79 Å². The molecule has 0 bridgehead atoms. The van der Waals surface area contributed by atoms with Crippen molar-refractivity contribution in [2.75, 3.05) is 13.2 Å². The number of carbonyl (C=O) groups is 1. The molecule has 0 spiro atoms. The lowest BCUT2D eigenvalue weighted by Gasteiger charge is -2.14. The van der Waals surface area contributed by atoms with Crippen LogP contribution in [-0.2, 0) is 9.53 Å². The van der Waals surface area contributed by atoms with E-state index >= 15 is 0 Å². The minimum Gasteiger partial charge on any atom is -0.493 e. The molecule has 0 saturated heterocycles. The van der Waals surface area contributed by atoms with Gasteiger partial charge in [0.1, 0.15) is 5.75 Å². The van der Waals surface area contributed by atoms with Gasteiger partial charge < -0.3 is 14.6 Å². The van der Waals surface area contributed by atoms with E-state index in [0.29, 0.717) is 19.6 Å². The van der Waals surface area contributed by atoms with Crippen molar-refractivity contribution in [2.24, 2.45) is 0 Å². The average Bonchev–Trinajstić information content (AvgIpc) is 2.30. The van der Waals surface area contributed by atoms with Crippen LogP contribution >= 0.6 is 0 Å². The summed E-state index contributed by atoms with van der Waals surface area (Å²) in [6.07, 6.45) is -0.447. The van der Waals surface area contributed by atoms with E-state index in [0.717, 1.165) is 11.3 Å².